The normalized spacial score (nSPS) is 11.1. The lowest BCUT2D eigenvalue weighted by molar-refractivity contribution is -0.120. The van der Waals surface area contributed by atoms with Gasteiger partial charge < -0.3 is 5.32 Å². The van der Waals surface area contributed by atoms with Crippen molar-refractivity contribution in [3.63, 3.8) is 0 Å². The lowest BCUT2D eigenvalue weighted by Gasteiger charge is -2.05. The van der Waals surface area contributed by atoms with Gasteiger partial charge in [0.2, 0.25) is 5.91 Å². The van der Waals surface area contributed by atoms with Gasteiger partial charge in [0.1, 0.15) is 0 Å². The maximum atomic E-state index is 12.1. The van der Waals surface area contributed by atoms with Gasteiger partial charge in [0.05, 0.1) is 24.3 Å². The Bertz CT molecular complexity index is 986. The number of thiazole rings is 1. The van der Waals surface area contributed by atoms with Crippen LogP contribution in [0.3, 0.4) is 0 Å². The van der Waals surface area contributed by atoms with E-state index in [-0.39, 0.29) is 5.91 Å². The number of amides is 1. The van der Waals surface area contributed by atoms with Crippen LogP contribution in [-0.4, -0.2) is 35.5 Å². The summed E-state index contributed by atoms with van der Waals surface area (Å²) in [5, 5.41) is 16.3. The number of benzene rings is 1. The number of nitrogens with one attached hydrogen (secondary N) is 1. The average Bonchev–Trinajstić information content (AvgIpc) is 3.29. The molecule has 25 heavy (non-hydrogen) atoms. The zero-order valence-electron chi connectivity index (χ0n) is 13.5. The minimum atomic E-state index is -0.0392. The van der Waals surface area contributed by atoms with E-state index in [1.807, 2.05) is 53.4 Å². The molecule has 0 aliphatic carbocycles. The molecule has 4 rings (SSSR count). The van der Waals surface area contributed by atoms with E-state index < -0.39 is 0 Å². The summed E-state index contributed by atoms with van der Waals surface area (Å²) in [6, 6.07) is 7.61. The molecule has 4 aromatic rings. The summed E-state index contributed by atoms with van der Waals surface area (Å²) in [4.78, 5) is 17.5. The molecule has 0 bridgehead atoms. The van der Waals surface area contributed by atoms with Crippen molar-refractivity contribution in [3.8, 4) is 5.69 Å². The summed E-state index contributed by atoms with van der Waals surface area (Å²) in [5.41, 5.74) is 2.65. The Morgan fingerprint density at radius 2 is 2.12 bits per heavy atom. The second-order valence-corrected chi connectivity index (χ2v) is 6.46. The van der Waals surface area contributed by atoms with Gasteiger partial charge in [-0.2, -0.15) is 4.68 Å². The van der Waals surface area contributed by atoms with Gasteiger partial charge in [0.15, 0.2) is 10.8 Å². The number of aromatic nitrogens is 6. The van der Waals surface area contributed by atoms with E-state index in [2.05, 4.69) is 25.8 Å². The van der Waals surface area contributed by atoms with Crippen molar-refractivity contribution in [1.82, 2.24) is 34.9 Å². The summed E-state index contributed by atoms with van der Waals surface area (Å²) in [7, 11) is 0. The van der Waals surface area contributed by atoms with Crippen LogP contribution in [0.5, 0.6) is 0 Å². The minimum absolute atomic E-state index is 0.0392. The molecule has 0 aliphatic heterocycles. The van der Waals surface area contributed by atoms with E-state index in [4.69, 9.17) is 0 Å². The topological polar surface area (TPSA) is 90.0 Å². The molecule has 0 fully saturated rings. The number of rotatable bonds is 5. The fourth-order valence-corrected chi connectivity index (χ4v) is 3.24. The molecule has 0 unspecified atom stereocenters. The van der Waals surface area contributed by atoms with Gasteiger partial charge in [0, 0.05) is 17.8 Å². The quantitative estimate of drug-likeness (QED) is 0.588. The molecular formula is C16H15N7OS. The van der Waals surface area contributed by atoms with Gasteiger partial charge in [-0.25, -0.2) is 4.98 Å². The number of fused-ring (bicyclic) bond motifs is 1. The molecule has 0 saturated carbocycles. The molecule has 1 aromatic carbocycles. The first-order valence-electron chi connectivity index (χ1n) is 7.71. The zero-order chi connectivity index (χ0) is 17.2. The predicted octanol–water partition coefficient (Wildman–Crippen LogP) is 1.54. The van der Waals surface area contributed by atoms with E-state index >= 15 is 0 Å². The van der Waals surface area contributed by atoms with Gasteiger partial charge >= 0.3 is 0 Å². The predicted molar refractivity (Wildman–Crippen MR) is 92.5 cm³/mol. The minimum Gasteiger partial charge on any atom is -0.350 e. The summed E-state index contributed by atoms with van der Waals surface area (Å²) in [5.74, 6) is 0.674. The fraction of sp³-hybridized carbons (Fsp3) is 0.188. The number of carbonyl (C=O) groups excluding carboxylic acids is 1. The molecule has 0 radical (unpaired) electrons. The first-order chi connectivity index (χ1) is 12.2. The molecule has 9 heteroatoms. The molecule has 3 heterocycles. The van der Waals surface area contributed by atoms with Crippen molar-refractivity contribution in [1.29, 1.82) is 0 Å². The molecule has 0 aliphatic rings. The largest absolute Gasteiger partial charge is 0.350 e. The van der Waals surface area contributed by atoms with Gasteiger partial charge in [-0.15, -0.1) is 16.4 Å². The zero-order valence-corrected chi connectivity index (χ0v) is 14.3. The standard InChI is InChI=1S/C16H15N7OS/c1-11-19-20-21-23(11)14-4-2-12(3-5-14)8-15(24)17-9-13-10-22-6-7-25-16(22)18-13/h2-7,10H,8-9H2,1H3,(H,17,24). The van der Waals surface area contributed by atoms with E-state index in [1.165, 1.54) is 0 Å². The Balaban J connectivity index is 1.35. The van der Waals surface area contributed by atoms with E-state index in [1.54, 1.807) is 16.0 Å². The Morgan fingerprint density at radius 3 is 2.84 bits per heavy atom. The lowest BCUT2D eigenvalue weighted by Crippen LogP contribution is -2.24. The highest BCUT2D eigenvalue weighted by Gasteiger charge is 2.08. The number of aryl methyl sites for hydroxylation is 1. The third-order valence-corrected chi connectivity index (χ3v) is 4.55. The summed E-state index contributed by atoms with van der Waals surface area (Å²) >= 11 is 1.57. The highest BCUT2D eigenvalue weighted by molar-refractivity contribution is 7.15. The number of tetrazole rings is 1. The number of hydrogen-bond acceptors (Lipinski definition) is 6. The molecule has 1 amide bonds. The Hall–Kier alpha value is -3.07. The Labute approximate surface area is 147 Å². The first kappa shape index (κ1) is 15.5. The van der Waals surface area contributed by atoms with Crippen LogP contribution in [0.4, 0.5) is 0 Å². The van der Waals surface area contributed by atoms with Crippen LogP contribution < -0.4 is 5.32 Å². The van der Waals surface area contributed by atoms with Gasteiger partial charge in [-0.1, -0.05) is 12.1 Å². The van der Waals surface area contributed by atoms with Crippen molar-refractivity contribution in [2.75, 3.05) is 0 Å². The Kier molecular flexibility index (Phi) is 3.98. The number of hydrogen-bond donors (Lipinski definition) is 1. The third-order valence-electron chi connectivity index (χ3n) is 3.78. The number of nitrogens with zero attached hydrogens (tertiary/aromatic N) is 6. The van der Waals surface area contributed by atoms with Crippen molar-refractivity contribution >= 4 is 22.2 Å². The second-order valence-electron chi connectivity index (χ2n) is 5.58. The van der Waals surface area contributed by atoms with E-state index in [9.17, 15) is 4.79 Å². The number of carbonyl (C=O) groups is 1. The smallest absolute Gasteiger partial charge is 0.224 e. The number of imidazole rings is 1. The van der Waals surface area contributed by atoms with Gasteiger partial charge in [0.25, 0.3) is 0 Å². The highest BCUT2D eigenvalue weighted by Crippen LogP contribution is 2.12. The monoisotopic (exact) mass is 353 g/mol. The molecule has 1 N–H and O–H groups in total. The van der Waals surface area contributed by atoms with Crippen LogP contribution in [0.25, 0.3) is 10.6 Å². The summed E-state index contributed by atoms with van der Waals surface area (Å²) < 4.78 is 3.60. The molecular weight excluding hydrogens is 338 g/mol. The van der Waals surface area contributed by atoms with Crippen LogP contribution in [0.15, 0.2) is 42.0 Å². The fourth-order valence-electron chi connectivity index (χ4n) is 2.52. The Morgan fingerprint density at radius 1 is 1.28 bits per heavy atom. The van der Waals surface area contributed by atoms with Crippen molar-refractivity contribution in [2.45, 2.75) is 19.9 Å². The van der Waals surface area contributed by atoms with Crippen LogP contribution in [0.1, 0.15) is 17.1 Å². The molecule has 0 atom stereocenters. The molecule has 3 aromatic heterocycles. The van der Waals surface area contributed by atoms with Crippen molar-refractivity contribution in [2.24, 2.45) is 0 Å². The maximum absolute atomic E-state index is 12.1. The molecule has 126 valence electrons. The molecule has 8 nitrogen and oxygen atoms in total. The van der Waals surface area contributed by atoms with Gasteiger partial charge in [-0.3, -0.25) is 9.20 Å². The van der Waals surface area contributed by atoms with Crippen LogP contribution >= 0.6 is 11.3 Å². The van der Waals surface area contributed by atoms with Crippen molar-refractivity contribution < 1.29 is 4.79 Å². The van der Waals surface area contributed by atoms with E-state index in [0.29, 0.717) is 18.8 Å². The molecule has 0 spiro atoms. The maximum Gasteiger partial charge on any atom is 0.224 e. The lowest BCUT2D eigenvalue weighted by atomic mass is 10.1. The summed E-state index contributed by atoms with van der Waals surface area (Å²) in [6.07, 6.45) is 4.19. The van der Waals surface area contributed by atoms with Crippen LogP contribution in [-0.2, 0) is 17.8 Å². The van der Waals surface area contributed by atoms with Crippen LogP contribution in [0.2, 0.25) is 0 Å². The average molecular weight is 353 g/mol. The second kappa shape index (κ2) is 6.44. The van der Waals surface area contributed by atoms with Gasteiger partial charge in [-0.05, 0) is 35.0 Å². The first-order valence-corrected chi connectivity index (χ1v) is 8.59. The highest BCUT2D eigenvalue weighted by atomic mass is 32.1. The third kappa shape index (κ3) is 3.26. The molecule has 0 saturated heterocycles. The van der Waals surface area contributed by atoms with Crippen molar-refractivity contribution in [3.05, 3.63) is 59.1 Å². The van der Waals surface area contributed by atoms with Crippen LogP contribution in [0, 0.1) is 6.92 Å². The summed E-state index contributed by atoms with van der Waals surface area (Å²) in [6.45, 7) is 2.26. The SMILES string of the molecule is Cc1nnnn1-c1ccc(CC(=O)NCc2cn3ccsc3n2)cc1. The van der Waals surface area contributed by atoms with E-state index in [0.717, 1.165) is 21.9 Å².